The van der Waals surface area contributed by atoms with Gasteiger partial charge in [0.15, 0.2) is 0 Å². The second kappa shape index (κ2) is 14.7. The summed E-state index contributed by atoms with van der Waals surface area (Å²) >= 11 is 0. The molecule has 2 heteroatoms. The first-order valence-electron chi connectivity index (χ1n) is 5.49. The largest absolute Gasteiger partial charge is 0.481 e. The van der Waals surface area contributed by atoms with Gasteiger partial charge in [-0.15, -0.1) is 0 Å². The minimum absolute atomic E-state index is 0.833. The van der Waals surface area contributed by atoms with Crippen LogP contribution < -0.4 is 0 Å². The number of carboxylic acids is 1. The third-order valence-electron chi connectivity index (χ3n) is 1.62. The van der Waals surface area contributed by atoms with Crippen molar-refractivity contribution in [1.29, 1.82) is 0 Å². The van der Waals surface area contributed by atoms with Crippen LogP contribution in [0, 0.1) is 0 Å². The van der Waals surface area contributed by atoms with Crippen LogP contribution in [0.2, 0.25) is 0 Å². The lowest BCUT2D eigenvalue weighted by atomic mass is 10.2. The van der Waals surface area contributed by atoms with Crippen LogP contribution in [0.1, 0.15) is 59.3 Å². The molecule has 0 unspecified atom stereocenters. The second-order valence-electron chi connectivity index (χ2n) is 3.27. The van der Waals surface area contributed by atoms with Crippen molar-refractivity contribution in [3.8, 4) is 0 Å². The summed E-state index contributed by atoms with van der Waals surface area (Å²) in [6.07, 6.45) is 12.5. The smallest absolute Gasteiger partial charge is 0.300 e. The van der Waals surface area contributed by atoms with Crippen molar-refractivity contribution in [3.05, 3.63) is 12.2 Å². The Labute approximate surface area is 88.0 Å². The van der Waals surface area contributed by atoms with E-state index in [9.17, 15) is 0 Å². The molecule has 0 aliphatic heterocycles. The van der Waals surface area contributed by atoms with Crippen molar-refractivity contribution in [2.24, 2.45) is 0 Å². The molecule has 14 heavy (non-hydrogen) atoms. The van der Waals surface area contributed by atoms with E-state index in [0.29, 0.717) is 0 Å². The van der Waals surface area contributed by atoms with Crippen molar-refractivity contribution in [2.45, 2.75) is 59.3 Å². The molecule has 0 aromatic carbocycles. The Bertz CT molecular complexity index is 125. The fourth-order valence-electron chi connectivity index (χ4n) is 0.880. The maximum absolute atomic E-state index is 9.00. The fraction of sp³-hybridized carbons (Fsp3) is 0.750. The summed E-state index contributed by atoms with van der Waals surface area (Å²) in [5.41, 5.74) is 0. The van der Waals surface area contributed by atoms with Crippen LogP contribution in [0.15, 0.2) is 12.2 Å². The Balaban J connectivity index is 0. The normalized spacial score (nSPS) is 9.64. The molecule has 0 atom stereocenters. The Morgan fingerprint density at radius 3 is 1.57 bits per heavy atom. The van der Waals surface area contributed by atoms with Crippen LogP contribution >= 0.6 is 0 Å². The van der Waals surface area contributed by atoms with E-state index in [1.54, 1.807) is 0 Å². The third-order valence-corrected chi connectivity index (χ3v) is 1.62. The van der Waals surface area contributed by atoms with Crippen LogP contribution in [0.3, 0.4) is 0 Å². The van der Waals surface area contributed by atoms with Crippen LogP contribution in [0.5, 0.6) is 0 Å². The van der Waals surface area contributed by atoms with Crippen molar-refractivity contribution in [3.63, 3.8) is 0 Å². The Kier molecular flexibility index (Phi) is 16.5. The molecule has 0 aliphatic carbocycles. The first kappa shape index (κ1) is 15.7. The zero-order valence-corrected chi connectivity index (χ0v) is 9.75. The van der Waals surface area contributed by atoms with Gasteiger partial charge in [-0.05, 0) is 12.8 Å². The van der Waals surface area contributed by atoms with Gasteiger partial charge in [-0.2, -0.15) is 0 Å². The van der Waals surface area contributed by atoms with Crippen molar-refractivity contribution < 1.29 is 9.90 Å². The van der Waals surface area contributed by atoms with Crippen molar-refractivity contribution in [1.82, 2.24) is 0 Å². The molecule has 0 saturated heterocycles. The molecular formula is C12H24O2. The number of aliphatic carboxylic acids is 1. The van der Waals surface area contributed by atoms with Gasteiger partial charge in [0.05, 0.1) is 0 Å². The molecule has 1 N–H and O–H groups in total. The van der Waals surface area contributed by atoms with E-state index in [1.165, 1.54) is 38.5 Å². The number of unbranched alkanes of at least 4 members (excludes halogenated alkanes) is 4. The fourth-order valence-corrected chi connectivity index (χ4v) is 0.880. The molecule has 0 aromatic heterocycles. The molecule has 0 fully saturated rings. The summed E-state index contributed by atoms with van der Waals surface area (Å²) in [5, 5.41) is 7.42. The molecule has 0 rings (SSSR count). The number of hydrogen-bond acceptors (Lipinski definition) is 1. The highest BCUT2D eigenvalue weighted by atomic mass is 16.4. The van der Waals surface area contributed by atoms with Gasteiger partial charge in [0, 0.05) is 6.92 Å². The quantitative estimate of drug-likeness (QED) is 0.519. The SMILES string of the molecule is CC(=O)O.CCCCC=CCCCC. The molecule has 0 heterocycles. The van der Waals surface area contributed by atoms with E-state index in [-0.39, 0.29) is 0 Å². The zero-order valence-electron chi connectivity index (χ0n) is 9.75. The van der Waals surface area contributed by atoms with Crippen LogP contribution in [0.25, 0.3) is 0 Å². The van der Waals surface area contributed by atoms with Gasteiger partial charge in [0.25, 0.3) is 5.97 Å². The van der Waals surface area contributed by atoms with Gasteiger partial charge in [-0.3, -0.25) is 4.79 Å². The first-order valence-corrected chi connectivity index (χ1v) is 5.49. The summed E-state index contributed by atoms with van der Waals surface area (Å²) < 4.78 is 0. The highest BCUT2D eigenvalue weighted by Gasteiger charge is 1.78. The number of carboxylic acid groups (broad SMARTS) is 1. The zero-order chi connectivity index (χ0) is 11.2. The average Bonchev–Trinajstić information content (AvgIpc) is 2.10. The van der Waals surface area contributed by atoms with Gasteiger partial charge in [-0.25, -0.2) is 0 Å². The lowest BCUT2D eigenvalue weighted by Crippen LogP contribution is -1.78. The Hall–Kier alpha value is -0.790. The summed E-state index contributed by atoms with van der Waals surface area (Å²) in [5.74, 6) is -0.833. The Morgan fingerprint density at radius 2 is 1.36 bits per heavy atom. The highest BCUT2D eigenvalue weighted by molar-refractivity contribution is 5.62. The lowest BCUT2D eigenvalue weighted by Gasteiger charge is -1.89. The molecule has 0 spiro atoms. The average molecular weight is 200 g/mol. The van der Waals surface area contributed by atoms with Gasteiger partial charge in [0.2, 0.25) is 0 Å². The first-order chi connectivity index (χ1) is 6.65. The van der Waals surface area contributed by atoms with Gasteiger partial charge in [-0.1, -0.05) is 51.7 Å². The number of allylic oxidation sites excluding steroid dienone is 2. The maximum Gasteiger partial charge on any atom is 0.300 e. The Morgan fingerprint density at radius 1 is 1.07 bits per heavy atom. The molecule has 0 amide bonds. The highest BCUT2D eigenvalue weighted by Crippen LogP contribution is 1.99. The van der Waals surface area contributed by atoms with E-state index in [4.69, 9.17) is 9.90 Å². The van der Waals surface area contributed by atoms with E-state index < -0.39 is 5.97 Å². The maximum atomic E-state index is 9.00. The van der Waals surface area contributed by atoms with E-state index in [0.717, 1.165) is 6.92 Å². The van der Waals surface area contributed by atoms with E-state index in [2.05, 4.69) is 26.0 Å². The molecule has 2 nitrogen and oxygen atoms in total. The molecule has 0 saturated carbocycles. The number of hydrogen-bond donors (Lipinski definition) is 1. The standard InChI is InChI=1S/C10H20.C2H4O2/c1-3-5-7-9-10-8-6-4-2;1-2(3)4/h9-10H,3-8H2,1-2H3;1H3,(H,3,4). The van der Waals surface area contributed by atoms with Crippen molar-refractivity contribution >= 4 is 5.97 Å². The van der Waals surface area contributed by atoms with Gasteiger partial charge < -0.3 is 5.11 Å². The minimum atomic E-state index is -0.833. The molecular weight excluding hydrogens is 176 g/mol. The van der Waals surface area contributed by atoms with Crippen LogP contribution in [-0.2, 0) is 4.79 Å². The van der Waals surface area contributed by atoms with E-state index in [1.807, 2.05) is 0 Å². The summed E-state index contributed by atoms with van der Waals surface area (Å²) in [6.45, 7) is 5.56. The molecule has 0 bridgehead atoms. The second-order valence-corrected chi connectivity index (χ2v) is 3.27. The number of carbonyl (C=O) groups is 1. The summed E-state index contributed by atoms with van der Waals surface area (Å²) in [7, 11) is 0. The molecule has 0 aliphatic rings. The lowest BCUT2D eigenvalue weighted by molar-refractivity contribution is -0.134. The minimum Gasteiger partial charge on any atom is -0.481 e. The monoisotopic (exact) mass is 200 g/mol. The number of rotatable bonds is 6. The van der Waals surface area contributed by atoms with Crippen molar-refractivity contribution in [2.75, 3.05) is 0 Å². The van der Waals surface area contributed by atoms with Gasteiger partial charge >= 0.3 is 0 Å². The summed E-state index contributed by atoms with van der Waals surface area (Å²) in [4.78, 5) is 9.00. The van der Waals surface area contributed by atoms with Crippen LogP contribution in [0.4, 0.5) is 0 Å². The predicted molar refractivity (Wildman–Crippen MR) is 61.5 cm³/mol. The predicted octanol–water partition coefficient (Wildman–Crippen LogP) is 4.01. The topological polar surface area (TPSA) is 37.3 Å². The van der Waals surface area contributed by atoms with E-state index >= 15 is 0 Å². The molecule has 84 valence electrons. The van der Waals surface area contributed by atoms with Crippen LogP contribution in [-0.4, -0.2) is 11.1 Å². The molecule has 0 aromatic rings. The summed E-state index contributed by atoms with van der Waals surface area (Å²) in [6, 6.07) is 0. The van der Waals surface area contributed by atoms with Gasteiger partial charge in [0.1, 0.15) is 0 Å². The molecule has 0 radical (unpaired) electrons. The third kappa shape index (κ3) is 30.3.